The first-order valence-electron chi connectivity index (χ1n) is 4.98. The second-order valence-electron chi connectivity index (χ2n) is 3.46. The molecule has 0 aliphatic heterocycles. The van der Waals surface area contributed by atoms with Gasteiger partial charge in [-0.05, 0) is 24.3 Å². The van der Waals surface area contributed by atoms with Gasteiger partial charge in [-0.15, -0.1) is 0 Å². The van der Waals surface area contributed by atoms with E-state index in [1.807, 2.05) is 0 Å². The molecule has 0 saturated carbocycles. The molecule has 88 valence electrons. The molecule has 3 nitrogen and oxygen atoms in total. The first-order valence-corrected chi connectivity index (χ1v) is 5.74. The van der Waals surface area contributed by atoms with Gasteiger partial charge in [-0.25, -0.2) is 0 Å². The Kier molecular flexibility index (Phi) is 3.71. The Bertz CT molecular complexity index is 494. The summed E-state index contributed by atoms with van der Waals surface area (Å²) in [5, 5.41) is 13.3. The summed E-state index contributed by atoms with van der Waals surface area (Å²) in [5.41, 5.74) is 1.48. The van der Waals surface area contributed by atoms with Crippen LogP contribution in [-0.2, 0) is 6.54 Å². The summed E-state index contributed by atoms with van der Waals surface area (Å²) in [5.74, 6) is 0.143. The zero-order chi connectivity index (χ0) is 12.3. The third kappa shape index (κ3) is 3.02. The SMILES string of the molecule is Oc1ccc(CNc2c(Cl)cccc2Cl)nc1. The van der Waals surface area contributed by atoms with E-state index in [0.717, 1.165) is 5.69 Å². The van der Waals surface area contributed by atoms with Gasteiger partial charge in [0.2, 0.25) is 0 Å². The summed E-state index contributed by atoms with van der Waals surface area (Å²) in [4.78, 5) is 4.05. The Balaban J connectivity index is 2.10. The van der Waals surface area contributed by atoms with Crippen LogP contribution in [0, 0.1) is 0 Å². The molecule has 0 aliphatic carbocycles. The quantitative estimate of drug-likeness (QED) is 0.892. The van der Waals surface area contributed by atoms with Gasteiger partial charge >= 0.3 is 0 Å². The molecule has 5 heteroatoms. The Morgan fingerprint density at radius 3 is 2.41 bits per heavy atom. The second-order valence-corrected chi connectivity index (χ2v) is 4.27. The minimum atomic E-state index is 0.143. The van der Waals surface area contributed by atoms with Crippen molar-refractivity contribution >= 4 is 28.9 Å². The third-order valence-corrected chi connectivity index (χ3v) is 2.85. The number of benzene rings is 1. The number of hydrogen-bond acceptors (Lipinski definition) is 3. The third-order valence-electron chi connectivity index (χ3n) is 2.22. The maximum absolute atomic E-state index is 9.11. The number of pyridine rings is 1. The Morgan fingerprint density at radius 2 is 1.82 bits per heavy atom. The van der Waals surface area contributed by atoms with Crippen molar-refractivity contribution < 1.29 is 5.11 Å². The molecule has 0 spiro atoms. The van der Waals surface area contributed by atoms with Crippen LogP contribution in [0.1, 0.15) is 5.69 Å². The van der Waals surface area contributed by atoms with Crippen molar-refractivity contribution in [2.45, 2.75) is 6.54 Å². The van der Waals surface area contributed by atoms with Crippen LogP contribution in [0.3, 0.4) is 0 Å². The average Bonchev–Trinajstić information content (AvgIpc) is 2.31. The first-order chi connectivity index (χ1) is 8.16. The highest BCUT2D eigenvalue weighted by Gasteiger charge is 2.04. The van der Waals surface area contributed by atoms with E-state index in [1.54, 1.807) is 30.3 Å². The maximum atomic E-state index is 9.11. The molecule has 0 saturated heterocycles. The van der Waals surface area contributed by atoms with Crippen molar-refractivity contribution in [2.24, 2.45) is 0 Å². The van der Waals surface area contributed by atoms with Gasteiger partial charge in [0.15, 0.2) is 0 Å². The highest BCUT2D eigenvalue weighted by Crippen LogP contribution is 2.30. The number of hydrogen-bond donors (Lipinski definition) is 2. The number of para-hydroxylation sites is 1. The lowest BCUT2D eigenvalue weighted by Gasteiger charge is -2.09. The normalized spacial score (nSPS) is 10.2. The van der Waals surface area contributed by atoms with Crippen LogP contribution in [0.2, 0.25) is 10.0 Å². The van der Waals surface area contributed by atoms with E-state index < -0.39 is 0 Å². The molecular weight excluding hydrogens is 259 g/mol. The number of aromatic hydroxyl groups is 1. The van der Waals surface area contributed by atoms with E-state index in [0.29, 0.717) is 22.3 Å². The van der Waals surface area contributed by atoms with Gasteiger partial charge in [0.05, 0.1) is 34.2 Å². The van der Waals surface area contributed by atoms with E-state index in [-0.39, 0.29) is 5.75 Å². The molecule has 17 heavy (non-hydrogen) atoms. The zero-order valence-corrected chi connectivity index (χ0v) is 10.3. The standard InChI is InChI=1S/C12H10Cl2N2O/c13-10-2-1-3-11(14)12(10)16-6-8-4-5-9(17)7-15-8/h1-5,7,16-17H,6H2. The van der Waals surface area contributed by atoms with Crippen molar-refractivity contribution in [3.63, 3.8) is 0 Å². The Morgan fingerprint density at radius 1 is 1.12 bits per heavy atom. The monoisotopic (exact) mass is 268 g/mol. The maximum Gasteiger partial charge on any atom is 0.133 e. The number of anilines is 1. The highest BCUT2D eigenvalue weighted by atomic mass is 35.5. The smallest absolute Gasteiger partial charge is 0.133 e. The van der Waals surface area contributed by atoms with Gasteiger partial charge in [-0.3, -0.25) is 4.98 Å². The number of halogens is 2. The molecular formula is C12H10Cl2N2O. The molecule has 0 radical (unpaired) electrons. The molecule has 0 fully saturated rings. The van der Waals surface area contributed by atoms with Gasteiger partial charge in [0, 0.05) is 0 Å². The van der Waals surface area contributed by atoms with Gasteiger partial charge in [-0.2, -0.15) is 0 Å². The molecule has 1 heterocycles. The summed E-state index contributed by atoms with van der Waals surface area (Å²) in [6, 6.07) is 8.62. The molecule has 2 N–H and O–H groups in total. The van der Waals surface area contributed by atoms with E-state index >= 15 is 0 Å². The van der Waals surface area contributed by atoms with Crippen LogP contribution < -0.4 is 5.32 Å². The van der Waals surface area contributed by atoms with Crippen LogP contribution in [0.5, 0.6) is 5.75 Å². The summed E-state index contributed by atoms with van der Waals surface area (Å²) in [7, 11) is 0. The minimum Gasteiger partial charge on any atom is -0.506 e. The van der Waals surface area contributed by atoms with Gasteiger partial charge in [0.25, 0.3) is 0 Å². The Labute approximate surface area is 109 Å². The molecule has 1 aromatic heterocycles. The summed E-state index contributed by atoms with van der Waals surface area (Å²) >= 11 is 12.0. The Hall–Kier alpha value is -1.45. The minimum absolute atomic E-state index is 0.143. The van der Waals surface area contributed by atoms with E-state index in [2.05, 4.69) is 10.3 Å². The molecule has 2 aromatic rings. The predicted molar refractivity (Wildman–Crippen MR) is 69.7 cm³/mol. The van der Waals surface area contributed by atoms with Crippen molar-refractivity contribution in [1.29, 1.82) is 0 Å². The summed E-state index contributed by atoms with van der Waals surface area (Å²) in [6.45, 7) is 0.490. The van der Waals surface area contributed by atoms with Gasteiger partial charge in [0.1, 0.15) is 5.75 Å². The van der Waals surface area contributed by atoms with Crippen molar-refractivity contribution in [3.8, 4) is 5.75 Å². The molecule has 0 unspecified atom stereocenters. The molecule has 0 amide bonds. The number of nitrogens with one attached hydrogen (secondary N) is 1. The van der Waals surface area contributed by atoms with Gasteiger partial charge < -0.3 is 10.4 Å². The lowest BCUT2D eigenvalue weighted by molar-refractivity contribution is 0.472. The van der Waals surface area contributed by atoms with Crippen LogP contribution in [0.25, 0.3) is 0 Å². The van der Waals surface area contributed by atoms with E-state index in [1.165, 1.54) is 6.20 Å². The first kappa shape index (κ1) is 12.0. The van der Waals surface area contributed by atoms with Crippen LogP contribution in [-0.4, -0.2) is 10.1 Å². The van der Waals surface area contributed by atoms with Crippen LogP contribution >= 0.6 is 23.2 Å². The molecule has 1 aromatic carbocycles. The largest absolute Gasteiger partial charge is 0.506 e. The summed E-state index contributed by atoms with van der Waals surface area (Å²) in [6.07, 6.45) is 1.39. The molecule has 2 rings (SSSR count). The van der Waals surface area contributed by atoms with Crippen molar-refractivity contribution in [2.75, 3.05) is 5.32 Å². The highest BCUT2D eigenvalue weighted by molar-refractivity contribution is 6.39. The molecule has 0 aliphatic rings. The lowest BCUT2D eigenvalue weighted by atomic mass is 10.3. The lowest BCUT2D eigenvalue weighted by Crippen LogP contribution is -2.02. The number of rotatable bonds is 3. The van der Waals surface area contributed by atoms with Crippen LogP contribution in [0.15, 0.2) is 36.5 Å². The van der Waals surface area contributed by atoms with E-state index in [4.69, 9.17) is 28.3 Å². The number of nitrogens with zero attached hydrogens (tertiary/aromatic N) is 1. The molecule has 0 atom stereocenters. The van der Waals surface area contributed by atoms with E-state index in [9.17, 15) is 0 Å². The summed E-state index contributed by atoms with van der Waals surface area (Å²) < 4.78 is 0. The topological polar surface area (TPSA) is 45.1 Å². The zero-order valence-electron chi connectivity index (χ0n) is 8.82. The van der Waals surface area contributed by atoms with Crippen molar-refractivity contribution in [3.05, 3.63) is 52.3 Å². The number of aromatic nitrogens is 1. The molecule has 0 bridgehead atoms. The van der Waals surface area contributed by atoms with Gasteiger partial charge in [-0.1, -0.05) is 29.3 Å². The fourth-order valence-corrected chi connectivity index (χ4v) is 1.90. The second kappa shape index (κ2) is 5.25. The van der Waals surface area contributed by atoms with Crippen LogP contribution in [0.4, 0.5) is 5.69 Å². The fraction of sp³-hybridized carbons (Fsp3) is 0.0833. The van der Waals surface area contributed by atoms with Crippen molar-refractivity contribution in [1.82, 2.24) is 4.98 Å². The average molecular weight is 269 g/mol. The predicted octanol–water partition coefficient (Wildman–Crippen LogP) is 3.71. The fourth-order valence-electron chi connectivity index (χ4n) is 1.37.